The van der Waals surface area contributed by atoms with Gasteiger partial charge in [0.05, 0.1) is 21.3 Å². The van der Waals surface area contributed by atoms with Crippen LogP contribution in [0.2, 0.25) is 0 Å². The van der Waals surface area contributed by atoms with Crippen LogP contribution >= 0.6 is 0 Å². The summed E-state index contributed by atoms with van der Waals surface area (Å²) in [4.78, 5) is 2.13. The average molecular weight is 337 g/mol. The summed E-state index contributed by atoms with van der Waals surface area (Å²) in [5.41, 5.74) is 3.32. The second-order valence-corrected chi connectivity index (χ2v) is 5.99. The van der Waals surface area contributed by atoms with Crippen molar-refractivity contribution in [2.24, 2.45) is 0 Å². The number of hydrogen-bond donors (Lipinski definition) is 0. The van der Waals surface area contributed by atoms with Gasteiger partial charge in [-0.25, -0.2) is 0 Å². The molecule has 0 spiro atoms. The summed E-state index contributed by atoms with van der Waals surface area (Å²) < 4.78 is 16.5. The van der Waals surface area contributed by atoms with E-state index in [-0.39, 0.29) is 0 Å². The van der Waals surface area contributed by atoms with Crippen LogP contribution in [0, 0.1) is 0 Å². The van der Waals surface area contributed by atoms with Gasteiger partial charge in [0.15, 0.2) is 11.5 Å². The summed E-state index contributed by atoms with van der Waals surface area (Å²) in [6.45, 7) is 0. The largest absolute Gasteiger partial charge is 0.493 e. The standard InChI is InChI=1S/C21H23NO3/c1-22(2)17-11-7-9-14-8-6-10-16(20(14)17)15-12-18(23-3)21(25-5)19(13-15)24-4/h6-13H,1-5H3. The normalized spacial score (nSPS) is 10.6. The lowest BCUT2D eigenvalue weighted by molar-refractivity contribution is 0.324. The fourth-order valence-electron chi connectivity index (χ4n) is 3.17. The first-order chi connectivity index (χ1) is 12.1. The Labute approximate surface area is 148 Å². The molecule has 0 N–H and O–H groups in total. The van der Waals surface area contributed by atoms with Gasteiger partial charge in [0, 0.05) is 25.2 Å². The van der Waals surface area contributed by atoms with Crippen LogP contribution in [0.4, 0.5) is 5.69 Å². The Morgan fingerprint density at radius 1 is 0.760 bits per heavy atom. The van der Waals surface area contributed by atoms with Crippen molar-refractivity contribution in [1.29, 1.82) is 0 Å². The van der Waals surface area contributed by atoms with Crippen LogP contribution in [0.15, 0.2) is 48.5 Å². The first kappa shape index (κ1) is 17.0. The van der Waals surface area contributed by atoms with Crippen molar-refractivity contribution in [2.45, 2.75) is 0 Å². The summed E-state index contributed by atoms with van der Waals surface area (Å²) in [7, 11) is 8.99. The van der Waals surface area contributed by atoms with E-state index in [0.29, 0.717) is 17.2 Å². The van der Waals surface area contributed by atoms with E-state index >= 15 is 0 Å². The smallest absolute Gasteiger partial charge is 0.203 e. The Morgan fingerprint density at radius 3 is 1.88 bits per heavy atom. The summed E-state index contributed by atoms with van der Waals surface area (Å²) in [6, 6.07) is 16.6. The number of fused-ring (bicyclic) bond motifs is 1. The second-order valence-electron chi connectivity index (χ2n) is 5.99. The van der Waals surface area contributed by atoms with E-state index in [1.165, 1.54) is 16.5 Å². The van der Waals surface area contributed by atoms with Crippen LogP contribution in [-0.2, 0) is 0 Å². The highest BCUT2D eigenvalue weighted by molar-refractivity contribution is 6.05. The summed E-state index contributed by atoms with van der Waals surface area (Å²) in [6.07, 6.45) is 0. The lowest BCUT2D eigenvalue weighted by Gasteiger charge is -2.19. The molecule has 4 heteroatoms. The van der Waals surface area contributed by atoms with Gasteiger partial charge in [0.2, 0.25) is 5.75 Å². The Kier molecular flexibility index (Phi) is 4.70. The van der Waals surface area contributed by atoms with Gasteiger partial charge < -0.3 is 19.1 Å². The SMILES string of the molecule is COc1cc(-c2cccc3cccc(N(C)C)c23)cc(OC)c1OC. The highest BCUT2D eigenvalue weighted by Crippen LogP contribution is 2.43. The van der Waals surface area contributed by atoms with Crippen LogP contribution in [0.3, 0.4) is 0 Å². The van der Waals surface area contributed by atoms with E-state index in [0.717, 1.165) is 11.1 Å². The summed E-state index contributed by atoms with van der Waals surface area (Å²) in [5.74, 6) is 1.90. The van der Waals surface area contributed by atoms with Gasteiger partial charge >= 0.3 is 0 Å². The third-order valence-electron chi connectivity index (χ3n) is 4.34. The Morgan fingerprint density at radius 2 is 1.36 bits per heavy atom. The molecule has 0 aliphatic rings. The van der Waals surface area contributed by atoms with E-state index in [2.05, 4.69) is 55.4 Å². The maximum atomic E-state index is 5.52. The van der Waals surface area contributed by atoms with Crippen molar-refractivity contribution < 1.29 is 14.2 Å². The number of ether oxygens (including phenoxy) is 3. The molecule has 0 saturated heterocycles. The lowest BCUT2D eigenvalue weighted by Crippen LogP contribution is -2.09. The number of benzene rings is 3. The van der Waals surface area contributed by atoms with Gasteiger partial charge in [-0.1, -0.05) is 30.3 Å². The molecule has 0 aromatic heterocycles. The number of rotatable bonds is 5. The van der Waals surface area contributed by atoms with Crippen molar-refractivity contribution in [1.82, 2.24) is 0 Å². The van der Waals surface area contributed by atoms with E-state index < -0.39 is 0 Å². The van der Waals surface area contributed by atoms with E-state index in [4.69, 9.17) is 14.2 Å². The summed E-state index contributed by atoms with van der Waals surface area (Å²) in [5, 5.41) is 2.39. The van der Waals surface area contributed by atoms with Crippen molar-refractivity contribution in [3.05, 3.63) is 48.5 Å². The lowest BCUT2D eigenvalue weighted by atomic mass is 9.96. The first-order valence-corrected chi connectivity index (χ1v) is 8.10. The topological polar surface area (TPSA) is 30.9 Å². The third-order valence-corrected chi connectivity index (χ3v) is 4.34. The molecule has 0 amide bonds. The predicted molar refractivity (Wildman–Crippen MR) is 103 cm³/mol. The molecule has 3 aromatic carbocycles. The molecule has 0 fully saturated rings. The Hall–Kier alpha value is -2.88. The van der Waals surface area contributed by atoms with Crippen LogP contribution < -0.4 is 19.1 Å². The number of methoxy groups -OCH3 is 3. The summed E-state index contributed by atoms with van der Waals surface area (Å²) >= 11 is 0. The predicted octanol–water partition coefficient (Wildman–Crippen LogP) is 4.60. The third kappa shape index (κ3) is 2.95. The van der Waals surface area contributed by atoms with Gasteiger partial charge in [-0.3, -0.25) is 0 Å². The van der Waals surface area contributed by atoms with Crippen molar-refractivity contribution in [3.8, 4) is 28.4 Å². The number of hydrogen-bond acceptors (Lipinski definition) is 4. The van der Waals surface area contributed by atoms with Gasteiger partial charge in [-0.15, -0.1) is 0 Å². The zero-order valence-electron chi connectivity index (χ0n) is 15.3. The van der Waals surface area contributed by atoms with Gasteiger partial charge in [0.1, 0.15) is 0 Å². The number of anilines is 1. The minimum atomic E-state index is 0.599. The van der Waals surface area contributed by atoms with Crippen molar-refractivity contribution in [3.63, 3.8) is 0 Å². The number of nitrogens with zero attached hydrogens (tertiary/aromatic N) is 1. The van der Waals surface area contributed by atoms with Crippen LogP contribution in [-0.4, -0.2) is 35.4 Å². The molecule has 0 aliphatic heterocycles. The van der Waals surface area contributed by atoms with Crippen molar-refractivity contribution in [2.75, 3.05) is 40.3 Å². The molecule has 0 aliphatic carbocycles. The fraction of sp³-hybridized carbons (Fsp3) is 0.238. The highest BCUT2D eigenvalue weighted by atomic mass is 16.5. The fourth-order valence-corrected chi connectivity index (χ4v) is 3.17. The molecule has 0 saturated carbocycles. The molecule has 3 rings (SSSR count). The molecule has 4 nitrogen and oxygen atoms in total. The van der Waals surface area contributed by atoms with Gasteiger partial charge in [0.25, 0.3) is 0 Å². The maximum Gasteiger partial charge on any atom is 0.203 e. The molecular formula is C21H23NO3. The molecule has 0 heterocycles. The Balaban J connectivity index is 2.34. The quantitative estimate of drug-likeness (QED) is 0.681. The molecule has 0 unspecified atom stereocenters. The highest BCUT2D eigenvalue weighted by Gasteiger charge is 2.16. The van der Waals surface area contributed by atoms with Gasteiger partial charge in [-0.2, -0.15) is 0 Å². The zero-order chi connectivity index (χ0) is 18.0. The molecule has 0 bridgehead atoms. The van der Waals surface area contributed by atoms with E-state index in [1.807, 2.05) is 12.1 Å². The van der Waals surface area contributed by atoms with Crippen molar-refractivity contribution >= 4 is 16.5 Å². The minimum absolute atomic E-state index is 0.599. The molecular weight excluding hydrogens is 314 g/mol. The first-order valence-electron chi connectivity index (χ1n) is 8.10. The zero-order valence-corrected chi connectivity index (χ0v) is 15.3. The van der Waals surface area contributed by atoms with Crippen LogP contribution in [0.1, 0.15) is 0 Å². The second kappa shape index (κ2) is 6.93. The Bertz CT molecular complexity index is 873. The molecule has 25 heavy (non-hydrogen) atoms. The minimum Gasteiger partial charge on any atom is -0.493 e. The maximum absolute atomic E-state index is 5.52. The molecule has 0 atom stereocenters. The monoisotopic (exact) mass is 337 g/mol. The van der Waals surface area contributed by atoms with E-state index in [9.17, 15) is 0 Å². The van der Waals surface area contributed by atoms with Crippen LogP contribution in [0.25, 0.3) is 21.9 Å². The average Bonchev–Trinajstić information content (AvgIpc) is 2.65. The van der Waals surface area contributed by atoms with E-state index in [1.54, 1.807) is 21.3 Å². The molecule has 130 valence electrons. The molecule has 3 aromatic rings. The van der Waals surface area contributed by atoms with Crippen LogP contribution in [0.5, 0.6) is 17.2 Å². The molecule has 0 radical (unpaired) electrons. The van der Waals surface area contributed by atoms with Gasteiger partial charge in [-0.05, 0) is 34.7 Å².